The lowest BCUT2D eigenvalue weighted by molar-refractivity contribution is 0.146. The van der Waals surface area contributed by atoms with Gasteiger partial charge >= 0.3 is 0 Å². The number of likely N-dealkylation sites (N-methyl/N-ethyl adjacent to an activating group) is 1. The van der Waals surface area contributed by atoms with E-state index in [2.05, 4.69) is 16.8 Å². The van der Waals surface area contributed by atoms with Gasteiger partial charge in [0.1, 0.15) is 11.6 Å². The van der Waals surface area contributed by atoms with Gasteiger partial charge in [0, 0.05) is 44.3 Å². The zero-order valence-corrected chi connectivity index (χ0v) is 10.6. The summed E-state index contributed by atoms with van der Waals surface area (Å²) in [6, 6.07) is 3.25. The molecule has 1 fully saturated rings. The van der Waals surface area contributed by atoms with Gasteiger partial charge in [-0.1, -0.05) is 6.07 Å². The molecule has 0 radical (unpaired) electrons. The van der Waals surface area contributed by atoms with Crippen LogP contribution in [0.25, 0.3) is 0 Å². The van der Waals surface area contributed by atoms with E-state index in [0.717, 1.165) is 26.2 Å². The van der Waals surface area contributed by atoms with E-state index in [4.69, 9.17) is 5.73 Å². The molecule has 0 saturated carbocycles. The molecule has 2 N–H and O–H groups in total. The first kappa shape index (κ1) is 13.4. The summed E-state index contributed by atoms with van der Waals surface area (Å²) in [6.07, 6.45) is 0. The fourth-order valence-corrected chi connectivity index (χ4v) is 2.26. The molecule has 5 heteroatoms. The van der Waals surface area contributed by atoms with Crippen LogP contribution in [-0.4, -0.2) is 49.6 Å². The van der Waals surface area contributed by atoms with Crippen molar-refractivity contribution in [1.82, 2.24) is 9.80 Å². The molecule has 1 unspecified atom stereocenters. The first-order valence-corrected chi connectivity index (χ1v) is 6.18. The van der Waals surface area contributed by atoms with Gasteiger partial charge in [-0.25, -0.2) is 8.78 Å². The predicted octanol–water partition coefficient (Wildman–Crippen LogP) is 1.21. The van der Waals surface area contributed by atoms with E-state index in [0.29, 0.717) is 6.54 Å². The van der Waals surface area contributed by atoms with Crippen LogP contribution in [0.3, 0.4) is 0 Å². The average Bonchev–Trinajstić information content (AvgIpc) is 2.32. The first-order valence-electron chi connectivity index (χ1n) is 6.18. The Morgan fingerprint density at radius 2 is 1.72 bits per heavy atom. The minimum absolute atomic E-state index is 0.00331. The number of nitrogens with two attached hydrogens (primary N) is 1. The predicted molar refractivity (Wildman–Crippen MR) is 67.2 cm³/mol. The monoisotopic (exact) mass is 255 g/mol. The Labute approximate surface area is 106 Å². The number of benzene rings is 1. The lowest BCUT2D eigenvalue weighted by Crippen LogP contribution is -2.46. The molecular weight excluding hydrogens is 236 g/mol. The second-order valence-electron chi connectivity index (χ2n) is 4.85. The molecule has 1 saturated heterocycles. The summed E-state index contributed by atoms with van der Waals surface area (Å²) >= 11 is 0. The number of halogens is 2. The van der Waals surface area contributed by atoms with Crippen molar-refractivity contribution in [3.63, 3.8) is 0 Å². The highest BCUT2D eigenvalue weighted by molar-refractivity contribution is 5.23. The van der Waals surface area contributed by atoms with E-state index in [-0.39, 0.29) is 5.56 Å². The Balaban J connectivity index is 2.01. The van der Waals surface area contributed by atoms with Gasteiger partial charge in [0.2, 0.25) is 0 Å². The van der Waals surface area contributed by atoms with Gasteiger partial charge in [0.05, 0.1) is 0 Å². The quantitative estimate of drug-likeness (QED) is 0.881. The fraction of sp³-hybridized carbons (Fsp3) is 0.538. The Morgan fingerprint density at radius 3 is 2.28 bits per heavy atom. The molecule has 0 aromatic heterocycles. The van der Waals surface area contributed by atoms with E-state index in [1.165, 1.54) is 18.2 Å². The molecule has 1 aliphatic heterocycles. The van der Waals surface area contributed by atoms with Gasteiger partial charge in [-0.05, 0) is 19.2 Å². The van der Waals surface area contributed by atoms with Crippen molar-refractivity contribution in [1.29, 1.82) is 0 Å². The molecule has 1 aromatic carbocycles. The topological polar surface area (TPSA) is 32.5 Å². The van der Waals surface area contributed by atoms with Gasteiger partial charge in [0.25, 0.3) is 0 Å². The van der Waals surface area contributed by atoms with Gasteiger partial charge in [-0.2, -0.15) is 0 Å². The van der Waals surface area contributed by atoms with Crippen molar-refractivity contribution in [2.75, 3.05) is 39.8 Å². The smallest absolute Gasteiger partial charge is 0.130 e. The highest BCUT2D eigenvalue weighted by atomic mass is 19.1. The summed E-state index contributed by atoms with van der Waals surface area (Å²) in [5.74, 6) is -1.12. The zero-order chi connectivity index (χ0) is 13.1. The minimum Gasteiger partial charge on any atom is -0.323 e. The Hall–Kier alpha value is -1.04. The van der Waals surface area contributed by atoms with Crippen molar-refractivity contribution in [3.8, 4) is 0 Å². The van der Waals surface area contributed by atoms with Crippen molar-refractivity contribution in [2.24, 2.45) is 5.73 Å². The minimum atomic E-state index is -0.616. The summed E-state index contributed by atoms with van der Waals surface area (Å²) in [7, 11) is 2.06. The molecule has 3 nitrogen and oxygen atoms in total. The maximum atomic E-state index is 13.6. The normalized spacial score (nSPS) is 20.0. The van der Waals surface area contributed by atoms with Crippen LogP contribution in [0.4, 0.5) is 8.78 Å². The highest BCUT2D eigenvalue weighted by Gasteiger charge is 2.21. The number of rotatable bonds is 3. The summed E-state index contributed by atoms with van der Waals surface area (Å²) in [6.45, 7) is 4.20. The third-order valence-corrected chi connectivity index (χ3v) is 3.42. The molecular formula is C13H19F2N3. The van der Waals surface area contributed by atoms with Crippen LogP contribution < -0.4 is 5.73 Å². The summed E-state index contributed by atoms with van der Waals surface area (Å²) in [5.41, 5.74) is 5.92. The van der Waals surface area contributed by atoms with Crippen LogP contribution in [0.15, 0.2) is 18.2 Å². The van der Waals surface area contributed by atoms with Crippen LogP contribution in [0.5, 0.6) is 0 Å². The number of nitrogens with zero attached hydrogens (tertiary/aromatic N) is 2. The number of hydrogen-bond acceptors (Lipinski definition) is 3. The standard InChI is InChI=1S/C13H19F2N3/c1-17-5-7-18(8-6-17)9-12(16)13-10(14)3-2-4-11(13)15/h2-4,12H,5-9,16H2,1H3. The Morgan fingerprint density at radius 1 is 1.17 bits per heavy atom. The molecule has 0 spiro atoms. The van der Waals surface area contributed by atoms with Crippen molar-refractivity contribution < 1.29 is 8.78 Å². The molecule has 2 rings (SSSR count). The number of piperazine rings is 1. The molecule has 1 aromatic rings. The molecule has 1 atom stereocenters. The molecule has 1 aliphatic rings. The third-order valence-electron chi connectivity index (χ3n) is 3.42. The third kappa shape index (κ3) is 3.04. The van der Waals surface area contributed by atoms with Gasteiger partial charge < -0.3 is 10.6 Å². The highest BCUT2D eigenvalue weighted by Crippen LogP contribution is 2.20. The zero-order valence-electron chi connectivity index (χ0n) is 10.6. The van der Waals surface area contributed by atoms with Crippen LogP contribution in [0.2, 0.25) is 0 Å². The van der Waals surface area contributed by atoms with Crippen LogP contribution in [-0.2, 0) is 0 Å². The lowest BCUT2D eigenvalue weighted by atomic mass is 10.1. The fourth-order valence-electron chi connectivity index (χ4n) is 2.26. The molecule has 0 bridgehead atoms. The molecule has 1 heterocycles. The molecule has 18 heavy (non-hydrogen) atoms. The number of hydrogen-bond donors (Lipinski definition) is 1. The van der Waals surface area contributed by atoms with E-state index < -0.39 is 17.7 Å². The van der Waals surface area contributed by atoms with Gasteiger partial charge in [-0.3, -0.25) is 4.90 Å². The van der Waals surface area contributed by atoms with Crippen LogP contribution in [0, 0.1) is 11.6 Å². The molecule has 100 valence electrons. The Bertz CT molecular complexity index is 383. The summed E-state index contributed by atoms with van der Waals surface area (Å²) in [4.78, 5) is 4.38. The summed E-state index contributed by atoms with van der Waals surface area (Å²) < 4.78 is 27.1. The maximum Gasteiger partial charge on any atom is 0.130 e. The Kier molecular flexibility index (Phi) is 4.27. The first-order chi connectivity index (χ1) is 8.58. The van der Waals surface area contributed by atoms with E-state index in [1.807, 2.05) is 0 Å². The van der Waals surface area contributed by atoms with Gasteiger partial charge in [0.15, 0.2) is 0 Å². The van der Waals surface area contributed by atoms with E-state index in [1.54, 1.807) is 0 Å². The van der Waals surface area contributed by atoms with Crippen molar-refractivity contribution in [3.05, 3.63) is 35.4 Å². The van der Waals surface area contributed by atoms with Crippen LogP contribution >= 0.6 is 0 Å². The molecule has 0 amide bonds. The van der Waals surface area contributed by atoms with Gasteiger partial charge in [-0.15, -0.1) is 0 Å². The maximum absolute atomic E-state index is 13.6. The van der Waals surface area contributed by atoms with Crippen molar-refractivity contribution in [2.45, 2.75) is 6.04 Å². The second-order valence-corrected chi connectivity index (χ2v) is 4.85. The largest absolute Gasteiger partial charge is 0.323 e. The van der Waals surface area contributed by atoms with Crippen LogP contribution in [0.1, 0.15) is 11.6 Å². The second kappa shape index (κ2) is 5.73. The van der Waals surface area contributed by atoms with Crippen molar-refractivity contribution >= 4 is 0 Å². The SMILES string of the molecule is CN1CCN(CC(N)c2c(F)cccc2F)CC1. The lowest BCUT2D eigenvalue weighted by Gasteiger charge is -2.33. The van der Waals surface area contributed by atoms with E-state index in [9.17, 15) is 8.78 Å². The molecule has 0 aliphatic carbocycles. The average molecular weight is 255 g/mol. The van der Waals surface area contributed by atoms with E-state index >= 15 is 0 Å². The summed E-state index contributed by atoms with van der Waals surface area (Å²) in [5, 5.41) is 0.